The molecular weight excluding hydrogens is 410 g/mol. The van der Waals surface area contributed by atoms with Crippen molar-refractivity contribution < 1.29 is 19.4 Å². The van der Waals surface area contributed by atoms with Crippen LogP contribution < -0.4 is 4.74 Å². The topological polar surface area (TPSA) is 68.7 Å². The van der Waals surface area contributed by atoms with Gasteiger partial charge in [0.2, 0.25) is 0 Å². The van der Waals surface area contributed by atoms with E-state index in [4.69, 9.17) is 9.47 Å². The summed E-state index contributed by atoms with van der Waals surface area (Å²) in [4.78, 5) is 17.9. The molecule has 1 fully saturated rings. The molecule has 0 saturated heterocycles. The van der Waals surface area contributed by atoms with Crippen molar-refractivity contribution >= 4 is 32.9 Å². The number of aromatic nitrogens is 1. The number of Topliss-reactive ketones (excluding diaryl/α,β-unsaturated/α-hetero) is 1. The molecule has 0 spiro atoms. The van der Waals surface area contributed by atoms with E-state index in [9.17, 15) is 9.90 Å². The zero-order valence-electron chi connectivity index (χ0n) is 18.1. The number of para-hydroxylation sites is 1. The van der Waals surface area contributed by atoms with E-state index in [0.717, 1.165) is 34.2 Å². The molecule has 1 saturated carbocycles. The van der Waals surface area contributed by atoms with E-state index in [2.05, 4.69) is 4.98 Å². The van der Waals surface area contributed by atoms with Gasteiger partial charge in [-0.3, -0.25) is 4.79 Å². The Labute approximate surface area is 185 Å². The van der Waals surface area contributed by atoms with Gasteiger partial charge < -0.3 is 14.6 Å². The summed E-state index contributed by atoms with van der Waals surface area (Å²) in [6, 6.07) is 13.7. The Balaban J connectivity index is 1.61. The molecule has 0 atom stereocenters. The standard InChI is InChI=1S/C25H25NO4S/c1-24(2)21(27)20(22(28)25(3,4)30-24)17-13-15(11-12-16(17)14-9-10-14)29-23-26-18-7-5-6-8-19(18)31-23/h5-8,11-14,27H,9-10H2,1-4H3. The minimum absolute atomic E-state index is 0.0316. The number of benzene rings is 2. The number of nitrogens with zero attached hydrogens (tertiary/aromatic N) is 1. The van der Waals surface area contributed by atoms with Crippen LogP contribution in [0, 0.1) is 0 Å². The Morgan fingerprint density at radius 2 is 1.84 bits per heavy atom. The maximum atomic E-state index is 13.3. The number of fused-ring (bicyclic) bond motifs is 1. The van der Waals surface area contributed by atoms with Crippen molar-refractivity contribution in [1.29, 1.82) is 0 Å². The van der Waals surface area contributed by atoms with Crippen LogP contribution >= 0.6 is 11.3 Å². The Kier molecular flexibility index (Phi) is 4.50. The molecule has 1 N–H and O–H groups in total. The summed E-state index contributed by atoms with van der Waals surface area (Å²) in [6.07, 6.45) is 2.16. The first-order chi connectivity index (χ1) is 14.7. The molecule has 5 nitrogen and oxygen atoms in total. The van der Waals surface area contributed by atoms with Gasteiger partial charge in [0, 0.05) is 0 Å². The summed E-state index contributed by atoms with van der Waals surface area (Å²) < 4.78 is 13.1. The lowest BCUT2D eigenvalue weighted by atomic mass is 9.81. The maximum Gasteiger partial charge on any atom is 0.279 e. The summed E-state index contributed by atoms with van der Waals surface area (Å²) in [5.41, 5.74) is 1.03. The lowest BCUT2D eigenvalue weighted by Crippen LogP contribution is -2.49. The number of carbonyl (C=O) groups is 1. The molecule has 3 aromatic rings. The molecule has 0 bridgehead atoms. The second kappa shape index (κ2) is 6.90. The van der Waals surface area contributed by atoms with Crippen molar-refractivity contribution in [2.45, 2.75) is 57.7 Å². The van der Waals surface area contributed by atoms with E-state index in [1.807, 2.05) is 42.5 Å². The quantitative estimate of drug-likeness (QED) is 0.514. The predicted octanol–water partition coefficient (Wildman–Crippen LogP) is 6.39. The van der Waals surface area contributed by atoms with Crippen LogP contribution in [0.15, 0.2) is 48.2 Å². The molecular formula is C25H25NO4S. The van der Waals surface area contributed by atoms with E-state index in [-0.39, 0.29) is 11.5 Å². The van der Waals surface area contributed by atoms with Crippen LogP contribution in [0.2, 0.25) is 0 Å². The van der Waals surface area contributed by atoms with Gasteiger partial charge in [0.05, 0.1) is 15.8 Å². The van der Waals surface area contributed by atoms with Crippen molar-refractivity contribution in [1.82, 2.24) is 4.98 Å². The Morgan fingerprint density at radius 3 is 2.55 bits per heavy atom. The third kappa shape index (κ3) is 3.54. The van der Waals surface area contributed by atoms with Gasteiger partial charge in [-0.2, -0.15) is 0 Å². The van der Waals surface area contributed by atoms with Gasteiger partial charge in [0.15, 0.2) is 5.78 Å². The molecule has 31 heavy (non-hydrogen) atoms. The smallest absolute Gasteiger partial charge is 0.279 e. The summed E-state index contributed by atoms with van der Waals surface area (Å²) in [5, 5.41) is 11.6. The molecule has 0 amide bonds. The third-order valence-corrected chi connectivity index (χ3v) is 6.80. The largest absolute Gasteiger partial charge is 0.508 e. The van der Waals surface area contributed by atoms with Crippen LogP contribution in [-0.4, -0.2) is 27.1 Å². The van der Waals surface area contributed by atoms with Crippen molar-refractivity contribution in [3.63, 3.8) is 0 Å². The number of ketones is 1. The highest BCUT2D eigenvalue weighted by Gasteiger charge is 2.48. The van der Waals surface area contributed by atoms with Crippen LogP contribution in [0.1, 0.15) is 57.6 Å². The third-order valence-electron chi connectivity index (χ3n) is 5.88. The summed E-state index contributed by atoms with van der Waals surface area (Å²) >= 11 is 1.48. The molecule has 2 aromatic carbocycles. The van der Waals surface area contributed by atoms with Crippen molar-refractivity contribution in [2.24, 2.45) is 0 Å². The molecule has 1 aliphatic carbocycles. The first-order valence-corrected chi connectivity index (χ1v) is 11.3. The number of ether oxygens (including phenoxy) is 2. The maximum absolute atomic E-state index is 13.3. The first kappa shape index (κ1) is 20.2. The summed E-state index contributed by atoms with van der Waals surface area (Å²) in [5.74, 6) is 0.738. The lowest BCUT2D eigenvalue weighted by molar-refractivity contribution is -0.158. The molecule has 1 aliphatic heterocycles. The summed E-state index contributed by atoms with van der Waals surface area (Å²) in [6.45, 7) is 7.08. The van der Waals surface area contributed by atoms with Gasteiger partial charge in [-0.05, 0) is 81.8 Å². The van der Waals surface area contributed by atoms with Gasteiger partial charge >= 0.3 is 0 Å². The molecule has 0 radical (unpaired) electrons. The highest BCUT2D eigenvalue weighted by molar-refractivity contribution is 7.20. The van der Waals surface area contributed by atoms with Crippen LogP contribution in [-0.2, 0) is 9.53 Å². The van der Waals surface area contributed by atoms with Gasteiger partial charge in [-0.25, -0.2) is 4.98 Å². The molecule has 0 unspecified atom stereocenters. The highest BCUT2D eigenvalue weighted by Crippen LogP contribution is 2.48. The molecule has 2 heterocycles. The number of aliphatic hydroxyl groups is 1. The van der Waals surface area contributed by atoms with Crippen molar-refractivity contribution in [3.05, 3.63) is 59.4 Å². The summed E-state index contributed by atoms with van der Waals surface area (Å²) in [7, 11) is 0. The van der Waals surface area contributed by atoms with E-state index in [1.54, 1.807) is 27.7 Å². The van der Waals surface area contributed by atoms with Crippen LogP contribution in [0.4, 0.5) is 0 Å². The number of thiazole rings is 1. The Bertz CT molecular complexity index is 1200. The van der Waals surface area contributed by atoms with Crippen LogP contribution in [0.25, 0.3) is 15.8 Å². The second-order valence-electron chi connectivity index (χ2n) is 9.25. The van der Waals surface area contributed by atoms with Crippen molar-refractivity contribution in [2.75, 3.05) is 0 Å². The first-order valence-electron chi connectivity index (χ1n) is 10.5. The van der Waals surface area contributed by atoms with E-state index >= 15 is 0 Å². The average molecular weight is 436 g/mol. The monoisotopic (exact) mass is 435 g/mol. The average Bonchev–Trinajstić information content (AvgIpc) is 3.46. The highest BCUT2D eigenvalue weighted by atomic mass is 32.1. The predicted molar refractivity (Wildman–Crippen MR) is 122 cm³/mol. The van der Waals surface area contributed by atoms with Gasteiger partial charge in [-0.15, -0.1) is 0 Å². The van der Waals surface area contributed by atoms with Gasteiger partial charge in [-0.1, -0.05) is 29.5 Å². The zero-order chi connectivity index (χ0) is 22.0. The molecule has 160 valence electrons. The van der Waals surface area contributed by atoms with E-state index in [1.165, 1.54) is 11.3 Å². The molecule has 2 aliphatic rings. The van der Waals surface area contributed by atoms with Gasteiger partial charge in [0.25, 0.3) is 5.19 Å². The number of aliphatic hydroxyl groups excluding tert-OH is 1. The Hall–Kier alpha value is -2.70. The number of hydrogen-bond acceptors (Lipinski definition) is 6. The fraction of sp³-hybridized carbons (Fsp3) is 0.360. The minimum Gasteiger partial charge on any atom is -0.508 e. The molecule has 6 heteroatoms. The lowest BCUT2D eigenvalue weighted by Gasteiger charge is -2.40. The number of carbonyl (C=O) groups excluding carboxylic acids is 1. The number of hydrogen-bond donors (Lipinski definition) is 1. The minimum atomic E-state index is -1.03. The van der Waals surface area contributed by atoms with Crippen LogP contribution in [0.3, 0.4) is 0 Å². The Morgan fingerprint density at radius 1 is 1.10 bits per heavy atom. The molecule has 5 rings (SSSR count). The second-order valence-corrected chi connectivity index (χ2v) is 10.2. The van der Waals surface area contributed by atoms with Crippen LogP contribution in [0.5, 0.6) is 10.9 Å². The van der Waals surface area contributed by atoms with E-state index < -0.39 is 11.2 Å². The fourth-order valence-electron chi connectivity index (χ4n) is 4.25. The fourth-order valence-corrected chi connectivity index (χ4v) is 5.09. The normalized spacial score (nSPS) is 20.3. The molecule has 1 aromatic heterocycles. The van der Waals surface area contributed by atoms with E-state index in [0.29, 0.717) is 22.4 Å². The zero-order valence-corrected chi connectivity index (χ0v) is 18.9. The number of rotatable bonds is 4. The SMILES string of the molecule is CC1(C)OC(C)(C)C(O)=C(c2cc(Oc3nc4ccccc4s3)ccc2C2CC2)C1=O. The van der Waals surface area contributed by atoms with Crippen molar-refractivity contribution in [3.8, 4) is 10.9 Å². The van der Waals surface area contributed by atoms with Gasteiger partial charge in [0.1, 0.15) is 22.7 Å².